The van der Waals surface area contributed by atoms with Crippen molar-refractivity contribution in [3.05, 3.63) is 11.9 Å². The quantitative estimate of drug-likeness (QED) is 0.807. The van der Waals surface area contributed by atoms with Crippen LogP contribution in [0.5, 0.6) is 0 Å². The Balaban J connectivity index is 1.95. The lowest BCUT2D eigenvalue weighted by Crippen LogP contribution is -2.35. The smallest absolute Gasteiger partial charge is 0.203 e. The zero-order chi connectivity index (χ0) is 13.1. The second kappa shape index (κ2) is 5.74. The molecule has 1 aliphatic carbocycles. The van der Waals surface area contributed by atoms with Crippen molar-refractivity contribution in [1.29, 1.82) is 0 Å². The molecule has 1 unspecified atom stereocenters. The van der Waals surface area contributed by atoms with Crippen LogP contribution in [0.15, 0.2) is 6.20 Å². The lowest BCUT2D eigenvalue weighted by molar-refractivity contribution is 0.294. The lowest BCUT2D eigenvalue weighted by atomic mass is 10.3. The van der Waals surface area contributed by atoms with Crippen LogP contribution in [-0.4, -0.2) is 40.1 Å². The number of aryl methyl sites for hydroxylation is 1. The average molecular weight is 250 g/mol. The van der Waals surface area contributed by atoms with Gasteiger partial charge >= 0.3 is 0 Å². The maximum Gasteiger partial charge on any atom is 0.203 e. The molecule has 1 N–H and O–H groups in total. The van der Waals surface area contributed by atoms with Crippen molar-refractivity contribution in [3.8, 4) is 0 Å². The van der Waals surface area contributed by atoms with E-state index in [1.807, 2.05) is 0 Å². The van der Waals surface area contributed by atoms with E-state index in [1.165, 1.54) is 12.8 Å². The normalized spacial score (nSPS) is 17.2. The molecule has 0 amide bonds. The molecule has 4 heteroatoms. The van der Waals surface area contributed by atoms with Crippen LogP contribution >= 0.6 is 0 Å². The molecule has 1 aliphatic rings. The number of nitrogens with one attached hydrogen (secondary N) is 1. The first-order valence-corrected chi connectivity index (χ1v) is 7.18. The van der Waals surface area contributed by atoms with Crippen LogP contribution in [0.25, 0.3) is 0 Å². The Bertz CT molecular complexity index is 377. The Morgan fingerprint density at radius 2 is 2.11 bits per heavy atom. The van der Waals surface area contributed by atoms with Gasteiger partial charge in [0.1, 0.15) is 0 Å². The maximum atomic E-state index is 4.60. The van der Waals surface area contributed by atoms with E-state index in [0.29, 0.717) is 12.1 Å². The fourth-order valence-corrected chi connectivity index (χ4v) is 2.39. The zero-order valence-electron chi connectivity index (χ0n) is 12.1. The minimum atomic E-state index is 0.434. The van der Waals surface area contributed by atoms with Gasteiger partial charge in [0.15, 0.2) is 0 Å². The lowest BCUT2D eigenvalue weighted by Gasteiger charge is -2.24. The van der Waals surface area contributed by atoms with E-state index in [-0.39, 0.29) is 0 Å². The molecule has 102 valence electrons. The van der Waals surface area contributed by atoms with E-state index in [1.54, 1.807) is 0 Å². The van der Waals surface area contributed by atoms with Gasteiger partial charge in [0.2, 0.25) is 5.95 Å². The average Bonchev–Trinajstić information content (AvgIpc) is 3.11. The molecule has 1 heterocycles. The van der Waals surface area contributed by atoms with Gasteiger partial charge in [-0.2, -0.15) is 0 Å². The molecule has 1 atom stereocenters. The largest absolute Gasteiger partial charge is 0.352 e. The Labute approximate surface area is 110 Å². The highest BCUT2D eigenvalue weighted by atomic mass is 15.3. The van der Waals surface area contributed by atoms with E-state index in [4.69, 9.17) is 0 Å². The van der Waals surface area contributed by atoms with Gasteiger partial charge in [-0.3, -0.25) is 0 Å². The van der Waals surface area contributed by atoms with Crippen molar-refractivity contribution in [2.75, 3.05) is 25.0 Å². The third-order valence-electron chi connectivity index (χ3n) is 3.59. The van der Waals surface area contributed by atoms with E-state index >= 15 is 0 Å². The number of likely N-dealkylation sites (N-methyl/N-ethyl adjacent to an activating group) is 1. The van der Waals surface area contributed by atoms with Gasteiger partial charge in [-0.1, -0.05) is 13.8 Å². The van der Waals surface area contributed by atoms with Gasteiger partial charge in [0, 0.05) is 24.8 Å². The summed E-state index contributed by atoms with van der Waals surface area (Å²) in [5.74, 6) is 1.05. The highest BCUT2D eigenvalue weighted by molar-refractivity contribution is 5.31. The first-order valence-electron chi connectivity index (χ1n) is 7.18. The number of aromatic nitrogens is 2. The predicted molar refractivity (Wildman–Crippen MR) is 76.1 cm³/mol. The van der Waals surface area contributed by atoms with Crippen molar-refractivity contribution >= 4 is 5.95 Å². The molecule has 1 aromatic rings. The van der Waals surface area contributed by atoms with Gasteiger partial charge in [-0.05, 0) is 39.8 Å². The number of rotatable bonds is 7. The van der Waals surface area contributed by atoms with E-state index < -0.39 is 0 Å². The van der Waals surface area contributed by atoms with Gasteiger partial charge in [-0.15, -0.1) is 0 Å². The number of hydrogen-bond acceptors (Lipinski definition) is 3. The van der Waals surface area contributed by atoms with Gasteiger partial charge in [-0.25, -0.2) is 4.98 Å². The molecule has 2 rings (SSSR count). The Hall–Kier alpha value is -1.03. The summed E-state index contributed by atoms with van der Waals surface area (Å²) in [6.07, 6.45) is 4.77. The molecule has 4 nitrogen and oxygen atoms in total. The van der Waals surface area contributed by atoms with Crippen molar-refractivity contribution in [3.63, 3.8) is 0 Å². The minimum absolute atomic E-state index is 0.434. The summed E-state index contributed by atoms with van der Waals surface area (Å²) in [5.41, 5.74) is 1.11. The third-order valence-corrected chi connectivity index (χ3v) is 3.59. The Morgan fingerprint density at radius 1 is 1.44 bits per heavy atom. The summed E-state index contributed by atoms with van der Waals surface area (Å²) in [5, 5.41) is 3.56. The fraction of sp³-hybridized carbons (Fsp3) is 0.786. The van der Waals surface area contributed by atoms with Crippen LogP contribution in [0, 0.1) is 6.92 Å². The monoisotopic (exact) mass is 250 g/mol. The van der Waals surface area contributed by atoms with Crippen LogP contribution in [0.3, 0.4) is 0 Å². The molecule has 1 fully saturated rings. The van der Waals surface area contributed by atoms with E-state index in [9.17, 15) is 0 Å². The second-order valence-corrected chi connectivity index (χ2v) is 5.38. The van der Waals surface area contributed by atoms with Gasteiger partial charge < -0.3 is 14.8 Å². The van der Waals surface area contributed by atoms with Gasteiger partial charge in [0.05, 0.1) is 5.69 Å². The number of hydrogen-bond donors (Lipinski definition) is 1. The fourth-order valence-electron chi connectivity index (χ4n) is 2.39. The van der Waals surface area contributed by atoms with Crippen LogP contribution in [0.4, 0.5) is 5.95 Å². The van der Waals surface area contributed by atoms with Crippen LogP contribution in [-0.2, 0) is 0 Å². The van der Waals surface area contributed by atoms with Crippen molar-refractivity contribution < 1.29 is 0 Å². The minimum Gasteiger partial charge on any atom is -0.352 e. The van der Waals surface area contributed by atoms with Crippen molar-refractivity contribution in [2.24, 2.45) is 0 Å². The molecule has 0 bridgehead atoms. The summed E-state index contributed by atoms with van der Waals surface area (Å²) in [6.45, 7) is 12.0. The molecule has 0 spiro atoms. The molecular weight excluding hydrogens is 224 g/mol. The summed E-state index contributed by atoms with van der Waals surface area (Å²) in [4.78, 5) is 7.04. The third kappa shape index (κ3) is 3.25. The molecule has 0 saturated heterocycles. The van der Waals surface area contributed by atoms with Crippen LogP contribution in [0.2, 0.25) is 0 Å². The topological polar surface area (TPSA) is 33.1 Å². The van der Waals surface area contributed by atoms with Crippen molar-refractivity contribution in [1.82, 2.24) is 14.5 Å². The van der Waals surface area contributed by atoms with E-state index in [2.05, 4.69) is 53.7 Å². The Kier molecular flexibility index (Phi) is 4.27. The standard InChI is InChI=1S/C14H26N4/c1-5-17(6-2)9-11(3)15-14-16-12(4)10-18(14)13-7-8-13/h10-11,13H,5-9H2,1-4H3,(H,15,16). The van der Waals surface area contributed by atoms with Crippen molar-refractivity contribution in [2.45, 2.75) is 52.6 Å². The predicted octanol–water partition coefficient (Wildman–Crippen LogP) is 2.67. The SMILES string of the molecule is CCN(CC)CC(C)Nc1nc(C)cn1C1CC1. The molecule has 0 aromatic carbocycles. The summed E-state index contributed by atoms with van der Waals surface area (Å²) >= 11 is 0. The summed E-state index contributed by atoms with van der Waals surface area (Å²) in [7, 11) is 0. The summed E-state index contributed by atoms with van der Waals surface area (Å²) < 4.78 is 2.31. The number of imidazole rings is 1. The maximum absolute atomic E-state index is 4.60. The molecular formula is C14H26N4. The van der Waals surface area contributed by atoms with Crippen LogP contribution in [0.1, 0.15) is 45.3 Å². The molecule has 18 heavy (non-hydrogen) atoms. The zero-order valence-corrected chi connectivity index (χ0v) is 12.1. The van der Waals surface area contributed by atoms with Gasteiger partial charge in [0.25, 0.3) is 0 Å². The van der Waals surface area contributed by atoms with Crippen LogP contribution < -0.4 is 5.32 Å². The highest BCUT2D eigenvalue weighted by Crippen LogP contribution is 2.37. The molecule has 1 aromatic heterocycles. The van der Waals surface area contributed by atoms with E-state index in [0.717, 1.165) is 31.3 Å². The highest BCUT2D eigenvalue weighted by Gasteiger charge is 2.26. The summed E-state index contributed by atoms with van der Waals surface area (Å²) in [6, 6.07) is 1.12. The first kappa shape index (κ1) is 13.4. The molecule has 1 saturated carbocycles. The molecule has 0 radical (unpaired) electrons. The first-order chi connectivity index (χ1) is 8.63. The molecule has 0 aliphatic heterocycles. The number of nitrogens with zero attached hydrogens (tertiary/aromatic N) is 3. The number of anilines is 1. The Morgan fingerprint density at radius 3 is 2.67 bits per heavy atom. The second-order valence-electron chi connectivity index (χ2n) is 5.38.